The van der Waals surface area contributed by atoms with Gasteiger partial charge in [0.25, 0.3) is 0 Å². The second-order valence-corrected chi connectivity index (χ2v) is 8.85. The second kappa shape index (κ2) is 7.38. The summed E-state index contributed by atoms with van der Waals surface area (Å²) in [7, 11) is 0. The first-order chi connectivity index (χ1) is 14.3. The molecule has 0 radical (unpaired) electrons. The normalized spacial score (nSPS) is 30.9. The van der Waals surface area contributed by atoms with Gasteiger partial charge in [0, 0.05) is 18.1 Å². The van der Waals surface area contributed by atoms with E-state index >= 15 is 0 Å². The molecule has 0 aromatic heterocycles. The molecule has 1 aromatic rings. The lowest BCUT2D eigenvalue weighted by Gasteiger charge is -2.47. The number of hydrogen-bond acceptors (Lipinski definition) is 4. The topological polar surface area (TPSA) is 78.0 Å². The number of hydrogen-bond donors (Lipinski definition) is 0. The first-order valence-corrected chi connectivity index (χ1v) is 10.9. The number of benzene rings is 1. The van der Waals surface area contributed by atoms with Crippen LogP contribution in [0.25, 0.3) is 0 Å². The maximum Gasteiger partial charge on any atom is 0.249 e. The largest absolute Gasteiger partial charge is 0.331 e. The average Bonchev–Trinajstić information content (AvgIpc) is 3.15. The molecule has 30 heavy (non-hydrogen) atoms. The van der Waals surface area contributed by atoms with Crippen LogP contribution in [0, 0.1) is 11.8 Å². The van der Waals surface area contributed by atoms with E-state index in [0.717, 1.165) is 12.8 Å². The molecule has 0 bridgehead atoms. The quantitative estimate of drug-likeness (QED) is 0.670. The Labute approximate surface area is 180 Å². The molecular weight excluding hydrogens is 406 g/mol. The Bertz CT molecular complexity index is 917. The van der Waals surface area contributed by atoms with Gasteiger partial charge in [0.1, 0.15) is 5.54 Å². The van der Waals surface area contributed by atoms with Crippen LogP contribution < -0.4 is 0 Å². The average molecular weight is 432 g/mol. The third-order valence-corrected chi connectivity index (χ3v) is 7.04. The molecule has 0 unspecified atom stereocenters. The van der Waals surface area contributed by atoms with Crippen LogP contribution >= 0.6 is 11.6 Å². The highest BCUT2D eigenvalue weighted by atomic mass is 35.5. The molecule has 1 aromatic carbocycles. The van der Waals surface area contributed by atoms with Crippen LogP contribution in [0.5, 0.6) is 0 Å². The fourth-order valence-electron chi connectivity index (χ4n) is 5.40. The number of carbonyl (C=O) groups excluding carboxylic acids is 4. The van der Waals surface area contributed by atoms with Crippen molar-refractivity contribution in [2.45, 2.75) is 45.2 Å². The second-order valence-electron chi connectivity index (χ2n) is 8.41. The van der Waals surface area contributed by atoms with Crippen LogP contribution in [0.1, 0.15) is 45.2 Å². The third kappa shape index (κ3) is 2.71. The molecule has 4 atom stereocenters. The number of fused-ring (bicyclic) bond motifs is 3. The number of likely N-dealkylation sites (tertiary alicyclic amines) is 1. The van der Waals surface area contributed by atoms with Crippen molar-refractivity contribution in [2.24, 2.45) is 11.8 Å². The summed E-state index contributed by atoms with van der Waals surface area (Å²) in [5.41, 5.74) is -0.672. The van der Waals surface area contributed by atoms with E-state index in [1.54, 1.807) is 43.0 Å². The first-order valence-electron chi connectivity index (χ1n) is 10.5. The van der Waals surface area contributed by atoms with Crippen molar-refractivity contribution in [1.29, 1.82) is 0 Å². The Balaban J connectivity index is 1.86. The van der Waals surface area contributed by atoms with Gasteiger partial charge in [0.05, 0.1) is 24.4 Å². The Morgan fingerprint density at radius 1 is 1.07 bits per heavy atom. The lowest BCUT2D eigenvalue weighted by atomic mass is 9.79. The number of nitrogens with zero attached hydrogens (tertiary/aromatic N) is 3. The maximum atomic E-state index is 13.6. The number of imide groups is 1. The molecule has 0 saturated carbocycles. The maximum absolute atomic E-state index is 13.6. The Kier molecular flexibility index (Phi) is 5.12. The fourth-order valence-corrected chi connectivity index (χ4v) is 5.52. The zero-order chi connectivity index (χ0) is 21.8. The summed E-state index contributed by atoms with van der Waals surface area (Å²) in [5, 5.41) is 0.534. The lowest BCUT2D eigenvalue weighted by Crippen LogP contribution is -2.67. The summed E-state index contributed by atoms with van der Waals surface area (Å²) < 4.78 is 0. The minimum atomic E-state index is -1.38. The van der Waals surface area contributed by atoms with Gasteiger partial charge in [-0.2, -0.15) is 0 Å². The Morgan fingerprint density at radius 2 is 1.73 bits per heavy atom. The van der Waals surface area contributed by atoms with Crippen LogP contribution in [0.4, 0.5) is 0 Å². The molecule has 0 N–H and O–H groups in total. The molecule has 160 valence electrons. The molecule has 4 rings (SSSR count). The summed E-state index contributed by atoms with van der Waals surface area (Å²) in [4.78, 5) is 57.8. The van der Waals surface area contributed by atoms with Crippen molar-refractivity contribution in [3.8, 4) is 0 Å². The van der Waals surface area contributed by atoms with Gasteiger partial charge < -0.3 is 9.80 Å². The van der Waals surface area contributed by atoms with Gasteiger partial charge in [-0.15, -0.1) is 0 Å². The molecule has 0 aliphatic carbocycles. The molecule has 0 spiro atoms. The van der Waals surface area contributed by atoms with Gasteiger partial charge in [0.15, 0.2) is 0 Å². The van der Waals surface area contributed by atoms with Gasteiger partial charge in [-0.1, -0.05) is 37.1 Å². The standard InChI is InChI=1S/C22H26ClN3O4/c1-4-6-11-24-12-15(27)26-18(13-7-9-14(23)10-8-13)16-17(22(26,3)21(24)30)20(29)25(5-2)19(16)28/h7-10,16-18H,4-6,11-12H2,1-3H3/t16-,17-,18-,22-/m1/s1. The van der Waals surface area contributed by atoms with Crippen molar-refractivity contribution in [1.82, 2.24) is 14.7 Å². The SMILES string of the molecule is CCCCN1CC(=O)N2[C@H](c3ccc(Cl)cc3)[C@@H]3C(=O)N(CC)C(=O)[C@@H]3[C@]2(C)C1=O. The summed E-state index contributed by atoms with van der Waals surface area (Å²) in [5.74, 6) is -2.82. The van der Waals surface area contributed by atoms with E-state index < -0.39 is 23.4 Å². The third-order valence-electron chi connectivity index (χ3n) is 6.79. The molecule has 8 heteroatoms. The van der Waals surface area contributed by atoms with E-state index in [-0.39, 0.29) is 36.7 Å². The molecular formula is C22H26ClN3O4. The zero-order valence-corrected chi connectivity index (χ0v) is 18.2. The number of rotatable bonds is 5. The van der Waals surface area contributed by atoms with Crippen LogP contribution in [0.15, 0.2) is 24.3 Å². The highest BCUT2D eigenvalue weighted by Gasteiger charge is 2.72. The summed E-state index contributed by atoms with van der Waals surface area (Å²) in [6, 6.07) is 6.26. The first kappa shape index (κ1) is 20.8. The van der Waals surface area contributed by atoms with E-state index in [1.807, 2.05) is 6.92 Å². The predicted octanol–water partition coefficient (Wildman–Crippen LogP) is 2.25. The van der Waals surface area contributed by atoms with E-state index in [2.05, 4.69) is 0 Å². The molecule has 3 saturated heterocycles. The highest BCUT2D eigenvalue weighted by molar-refractivity contribution is 6.30. The minimum absolute atomic E-state index is 0.0299. The van der Waals surface area contributed by atoms with Crippen molar-refractivity contribution in [3.05, 3.63) is 34.9 Å². The van der Waals surface area contributed by atoms with Crippen LogP contribution in [0.3, 0.4) is 0 Å². The van der Waals surface area contributed by atoms with Crippen molar-refractivity contribution >= 4 is 35.2 Å². The predicted molar refractivity (Wildman–Crippen MR) is 110 cm³/mol. The van der Waals surface area contributed by atoms with Gasteiger partial charge in [-0.05, 0) is 38.0 Å². The van der Waals surface area contributed by atoms with Crippen molar-refractivity contribution in [3.63, 3.8) is 0 Å². The molecule has 3 fully saturated rings. The van der Waals surface area contributed by atoms with E-state index in [1.165, 1.54) is 9.80 Å². The highest BCUT2D eigenvalue weighted by Crippen LogP contribution is 2.56. The summed E-state index contributed by atoms with van der Waals surface area (Å²) in [6.07, 6.45) is 1.66. The zero-order valence-electron chi connectivity index (χ0n) is 17.4. The minimum Gasteiger partial charge on any atom is -0.331 e. The number of halogens is 1. The van der Waals surface area contributed by atoms with E-state index in [4.69, 9.17) is 11.6 Å². The Morgan fingerprint density at radius 3 is 2.33 bits per heavy atom. The van der Waals surface area contributed by atoms with Gasteiger partial charge in [-0.3, -0.25) is 24.1 Å². The molecule has 3 heterocycles. The summed E-state index contributed by atoms with van der Waals surface area (Å²) >= 11 is 6.04. The monoisotopic (exact) mass is 431 g/mol. The van der Waals surface area contributed by atoms with Crippen LogP contribution in [0.2, 0.25) is 5.02 Å². The summed E-state index contributed by atoms with van der Waals surface area (Å²) in [6.45, 7) is 6.10. The van der Waals surface area contributed by atoms with E-state index in [0.29, 0.717) is 17.1 Å². The molecule has 3 aliphatic heterocycles. The fraction of sp³-hybridized carbons (Fsp3) is 0.545. The lowest BCUT2D eigenvalue weighted by molar-refractivity contribution is -0.167. The molecule has 7 nitrogen and oxygen atoms in total. The molecule has 4 amide bonds. The smallest absolute Gasteiger partial charge is 0.249 e. The van der Waals surface area contributed by atoms with Gasteiger partial charge >= 0.3 is 0 Å². The number of unbranched alkanes of at least 4 members (excludes halogenated alkanes) is 1. The van der Waals surface area contributed by atoms with Gasteiger partial charge in [-0.25, -0.2) is 0 Å². The number of amides is 4. The Hall–Kier alpha value is -2.41. The van der Waals surface area contributed by atoms with Gasteiger partial charge in [0.2, 0.25) is 23.6 Å². The van der Waals surface area contributed by atoms with Crippen molar-refractivity contribution in [2.75, 3.05) is 19.6 Å². The van der Waals surface area contributed by atoms with Crippen LogP contribution in [-0.2, 0) is 19.2 Å². The van der Waals surface area contributed by atoms with Crippen molar-refractivity contribution < 1.29 is 19.2 Å². The number of piperazine rings is 1. The molecule has 3 aliphatic rings. The van der Waals surface area contributed by atoms with Crippen LogP contribution in [-0.4, -0.2) is 63.5 Å². The number of carbonyl (C=O) groups is 4. The van der Waals surface area contributed by atoms with E-state index in [9.17, 15) is 19.2 Å².